The first kappa shape index (κ1) is 13.7. The Balaban J connectivity index is 0. The molecule has 1 atom stereocenters. The molecule has 0 aliphatic rings. The molecule has 0 fully saturated rings. The molecular weight excluding hydrogens is 154 g/mol. The molecule has 0 saturated carbocycles. The summed E-state index contributed by atoms with van der Waals surface area (Å²) in [6.45, 7) is 7.46. The highest BCUT2D eigenvalue weighted by atomic mass is 16.1. The largest absolute Gasteiger partial charge is 0.349 e. The average Bonchev–Trinajstić information content (AvgIpc) is 2.08. The molecule has 0 aromatic rings. The van der Waals surface area contributed by atoms with Gasteiger partial charge in [-0.2, -0.15) is 0 Å². The van der Waals surface area contributed by atoms with Crippen LogP contribution in [0.25, 0.3) is 0 Å². The third kappa shape index (κ3) is 7.25. The zero-order valence-corrected chi connectivity index (χ0v) is 8.39. The van der Waals surface area contributed by atoms with Crippen molar-refractivity contribution in [3.05, 3.63) is 0 Å². The van der Waals surface area contributed by atoms with Crippen molar-refractivity contribution in [2.24, 2.45) is 0 Å². The van der Waals surface area contributed by atoms with Gasteiger partial charge in [-0.05, 0) is 13.3 Å². The van der Waals surface area contributed by atoms with Crippen molar-refractivity contribution in [3.63, 3.8) is 0 Å². The van der Waals surface area contributed by atoms with E-state index in [0.29, 0.717) is 6.41 Å². The monoisotopic (exact) mass is 173 g/mol. The lowest BCUT2D eigenvalue weighted by molar-refractivity contribution is -0.122. The summed E-state index contributed by atoms with van der Waals surface area (Å²) in [6.07, 6.45) is 2.21. The number of amides is 1. The smallest absolute Gasteiger partial charge is 0.207 e. The lowest BCUT2D eigenvalue weighted by Crippen LogP contribution is -2.33. The Bertz CT molecular complexity index is 124. The molecule has 0 heterocycles. The number of carbonyl (C=O) groups excluding carboxylic acids is 2. The second kappa shape index (κ2) is 10.1. The van der Waals surface area contributed by atoms with Gasteiger partial charge in [0.2, 0.25) is 6.41 Å². The van der Waals surface area contributed by atoms with E-state index in [0.717, 1.165) is 12.8 Å². The Labute approximate surface area is 74.5 Å². The van der Waals surface area contributed by atoms with E-state index in [-0.39, 0.29) is 11.8 Å². The lowest BCUT2D eigenvalue weighted by Gasteiger charge is -2.09. The van der Waals surface area contributed by atoms with Crippen LogP contribution >= 0.6 is 0 Å². The summed E-state index contributed by atoms with van der Waals surface area (Å²) in [5.41, 5.74) is 0. The summed E-state index contributed by atoms with van der Waals surface area (Å²) in [4.78, 5) is 20.6. The predicted molar refractivity (Wildman–Crippen MR) is 49.9 cm³/mol. The molecule has 3 heteroatoms. The van der Waals surface area contributed by atoms with Gasteiger partial charge in [-0.1, -0.05) is 27.2 Å². The molecule has 1 amide bonds. The second-order valence-corrected chi connectivity index (χ2v) is 2.24. The van der Waals surface area contributed by atoms with Crippen LogP contribution in [-0.4, -0.2) is 18.2 Å². The highest BCUT2D eigenvalue weighted by Gasteiger charge is 2.09. The Hall–Kier alpha value is -0.860. The first-order chi connectivity index (χ1) is 5.72. The maximum atomic E-state index is 10.7. The molecule has 3 nitrogen and oxygen atoms in total. The van der Waals surface area contributed by atoms with Gasteiger partial charge in [0.05, 0.1) is 6.04 Å². The number of ketones is 1. The van der Waals surface area contributed by atoms with E-state index >= 15 is 0 Å². The van der Waals surface area contributed by atoms with Crippen LogP contribution in [0.5, 0.6) is 0 Å². The van der Waals surface area contributed by atoms with Gasteiger partial charge in [0.1, 0.15) is 0 Å². The topological polar surface area (TPSA) is 46.2 Å². The Morgan fingerprint density at radius 3 is 2.25 bits per heavy atom. The van der Waals surface area contributed by atoms with Gasteiger partial charge >= 0.3 is 0 Å². The minimum atomic E-state index is -0.275. The van der Waals surface area contributed by atoms with E-state index in [9.17, 15) is 9.59 Å². The molecule has 1 N–H and O–H groups in total. The average molecular weight is 173 g/mol. The number of hydrogen-bond donors (Lipinski definition) is 1. The molecule has 0 aromatic heterocycles. The highest BCUT2D eigenvalue weighted by molar-refractivity contribution is 5.83. The zero-order valence-electron chi connectivity index (χ0n) is 8.39. The van der Waals surface area contributed by atoms with Gasteiger partial charge < -0.3 is 5.32 Å². The summed E-state index contributed by atoms with van der Waals surface area (Å²) < 4.78 is 0. The van der Waals surface area contributed by atoms with Crippen LogP contribution in [0.2, 0.25) is 0 Å². The van der Waals surface area contributed by atoms with Crippen molar-refractivity contribution >= 4 is 12.2 Å². The predicted octanol–water partition coefficient (Wildman–Crippen LogP) is 1.52. The lowest BCUT2D eigenvalue weighted by atomic mass is 10.1. The van der Waals surface area contributed by atoms with Crippen LogP contribution in [0.3, 0.4) is 0 Å². The van der Waals surface area contributed by atoms with Gasteiger partial charge in [-0.25, -0.2) is 0 Å². The third-order valence-corrected chi connectivity index (χ3v) is 1.34. The standard InChI is InChI=1S/C7H13NO2.C2H6/c1-3-4-7(6(2)10)8-5-9;1-2/h5,7H,3-4H2,1-2H3,(H,8,9);1-2H3. The number of Topliss-reactive ketones (excluding diaryl/α,β-unsaturated/α-hetero) is 1. The Morgan fingerprint density at radius 1 is 1.50 bits per heavy atom. The highest BCUT2D eigenvalue weighted by Crippen LogP contribution is 1.95. The molecule has 0 aromatic carbocycles. The molecule has 0 radical (unpaired) electrons. The van der Waals surface area contributed by atoms with Crippen LogP contribution in [0.15, 0.2) is 0 Å². The zero-order chi connectivity index (χ0) is 9.98. The molecule has 0 bridgehead atoms. The summed E-state index contributed by atoms with van der Waals surface area (Å²) in [5.74, 6) is 0.0222. The van der Waals surface area contributed by atoms with Crippen LogP contribution in [0, 0.1) is 0 Å². The van der Waals surface area contributed by atoms with Crippen molar-refractivity contribution < 1.29 is 9.59 Å². The molecule has 0 spiro atoms. The SMILES string of the molecule is CC.CCCC(NC=O)C(C)=O. The number of hydrogen-bond acceptors (Lipinski definition) is 2. The second-order valence-electron chi connectivity index (χ2n) is 2.24. The quantitative estimate of drug-likeness (QED) is 0.641. The van der Waals surface area contributed by atoms with Crippen molar-refractivity contribution in [2.45, 2.75) is 46.6 Å². The fourth-order valence-corrected chi connectivity index (χ4v) is 0.775. The van der Waals surface area contributed by atoms with Crippen molar-refractivity contribution in [2.75, 3.05) is 0 Å². The van der Waals surface area contributed by atoms with E-state index in [2.05, 4.69) is 5.32 Å². The van der Waals surface area contributed by atoms with Crippen molar-refractivity contribution in [1.29, 1.82) is 0 Å². The Morgan fingerprint density at radius 2 is 2.00 bits per heavy atom. The van der Waals surface area contributed by atoms with Gasteiger partial charge in [0, 0.05) is 0 Å². The number of rotatable bonds is 5. The molecule has 0 saturated heterocycles. The number of nitrogens with one attached hydrogen (secondary N) is 1. The molecular formula is C9H19NO2. The summed E-state index contributed by atoms with van der Waals surface area (Å²) >= 11 is 0. The molecule has 72 valence electrons. The van der Waals surface area contributed by atoms with E-state index in [1.807, 2.05) is 20.8 Å². The van der Waals surface area contributed by atoms with Crippen LogP contribution in [0.4, 0.5) is 0 Å². The molecule has 1 unspecified atom stereocenters. The Kier molecular flexibility index (Phi) is 11.6. The minimum Gasteiger partial charge on any atom is -0.349 e. The van der Waals surface area contributed by atoms with E-state index in [1.165, 1.54) is 6.92 Å². The van der Waals surface area contributed by atoms with Crippen molar-refractivity contribution in [1.82, 2.24) is 5.32 Å². The first-order valence-electron chi connectivity index (χ1n) is 4.42. The van der Waals surface area contributed by atoms with Crippen molar-refractivity contribution in [3.8, 4) is 0 Å². The van der Waals surface area contributed by atoms with Gasteiger partial charge in [0.25, 0.3) is 0 Å². The molecule has 0 aliphatic carbocycles. The van der Waals surface area contributed by atoms with Gasteiger partial charge in [-0.15, -0.1) is 0 Å². The van der Waals surface area contributed by atoms with E-state index in [1.54, 1.807) is 0 Å². The third-order valence-electron chi connectivity index (χ3n) is 1.34. The summed E-state index contributed by atoms with van der Waals surface area (Å²) in [7, 11) is 0. The molecule has 12 heavy (non-hydrogen) atoms. The van der Waals surface area contributed by atoms with Crippen LogP contribution < -0.4 is 5.32 Å². The minimum absolute atomic E-state index is 0.0222. The maximum Gasteiger partial charge on any atom is 0.207 e. The van der Waals surface area contributed by atoms with Gasteiger partial charge in [0.15, 0.2) is 5.78 Å². The normalized spacial score (nSPS) is 10.7. The van der Waals surface area contributed by atoms with E-state index < -0.39 is 0 Å². The summed E-state index contributed by atoms with van der Waals surface area (Å²) in [6, 6.07) is -0.275. The molecule has 0 rings (SSSR count). The maximum absolute atomic E-state index is 10.7. The fourth-order valence-electron chi connectivity index (χ4n) is 0.775. The fraction of sp³-hybridized carbons (Fsp3) is 0.778. The first-order valence-corrected chi connectivity index (χ1v) is 4.42. The van der Waals surface area contributed by atoms with Gasteiger partial charge in [-0.3, -0.25) is 9.59 Å². The number of carbonyl (C=O) groups is 2. The van der Waals surface area contributed by atoms with E-state index in [4.69, 9.17) is 0 Å². The van der Waals surface area contributed by atoms with Crippen LogP contribution in [0.1, 0.15) is 40.5 Å². The van der Waals surface area contributed by atoms with Crippen LogP contribution in [-0.2, 0) is 9.59 Å². The summed E-state index contributed by atoms with van der Waals surface area (Å²) in [5, 5.41) is 2.45. The molecule has 0 aliphatic heterocycles.